The molecule has 0 aromatic carbocycles. The van der Waals surface area contributed by atoms with Crippen LogP contribution in [-0.4, -0.2) is 19.5 Å². The van der Waals surface area contributed by atoms with E-state index in [0.29, 0.717) is 5.92 Å². The zero-order valence-corrected chi connectivity index (χ0v) is 9.16. The fourth-order valence-electron chi connectivity index (χ4n) is 2.32. The van der Waals surface area contributed by atoms with Crippen LogP contribution in [0.15, 0.2) is 12.2 Å². The summed E-state index contributed by atoms with van der Waals surface area (Å²) in [5.74, 6) is 0.685. The van der Waals surface area contributed by atoms with Gasteiger partial charge in [0.05, 0.1) is 13.2 Å². The Balaban J connectivity index is 2.00. The van der Waals surface area contributed by atoms with E-state index in [1.54, 1.807) is 0 Å². The summed E-state index contributed by atoms with van der Waals surface area (Å²) in [4.78, 5) is 0. The van der Waals surface area contributed by atoms with Crippen molar-refractivity contribution < 1.29 is 9.47 Å². The quantitative estimate of drug-likeness (QED) is 0.600. The molecule has 2 aliphatic rings. The molecule has 0 bridgehead atoms. The third kappa shape index (κ3) is 1.73. The highest BCUT2D eigenvalue weighted by Crippen LogP contribution is 2.41. The Morgan fingerprint density at radius 3 is 2.57 bits per heavy atom. The van der Waals surface area contributed by atoms with Crippen molar-refractivity contribution in [3.8, 4) is 0 Å². The van der Waals surface area contributed by atoms with Crippen LogP contribution in [0, 0.1) is 11.3 Å². The van der Waals surface area contributed by atoms with Gasteiger partial charge in [0.2, 0.25) is 0 Å². The highest BCUT2D eigenvalue weighted by Gasteiger charge is 2.41. The van der Waals surface area contributed by atoms with Crippen molar-refractivity contribution >= 4 is 0 Å². The first kappa shape index (κ1) is 10.2. The van der Waals surface area contributed by atoms with Gasteiger partial charge in [0.1, 0.15) is 0 Å². The SMILES string of the molecule is CCC1OCC2(CC=CCC2C)CO1. The lowest BCUT2D eigenvalue weighted by Gasteiger charge is -2.44. The smallest absolute Gasteiger partial charge is 0.157 e. The molecule has 0 saturated carbocycles. The van der Waals surface area contributed by atoms with E-state index in [1.807, 2.05) is 0 Å². The standard InChI is InChI=1S/C12H20O2/c1-3-11-13-8-12(9-14-11)7-5-4-6-10(12)2/h4-5,10-11H,3,6-9H2,1-2H3. The maximum Gasteiger partial charge on any atom is 0.157 e. The van der Waals surface area contributed by atoms with Crippen molar-refractivity contribution in [2.75, 3.05) is 13.2 Å². The van der Waals surface area contributed by atoms with E-state index >= 15 is 0 Å². The van der Waals surface area contributed by atoms with E-state index < -0.39 is 0 Å². The lowest BCUT2D eigenvalue weighted by molar-refractivity contribution is -0.240. The second-order valence-corrected chi connectivity index (χ2v) is 4.63. The first-order valence-electron chi connectivity index (χ1n) is 5.65. The van der Waals surface area contributed by atoms with Gasteiger partial charge in [-0.15, -0.1) is 0 Å². The van der Waals surface area contributed by atoms with Crippen LogP contribution in [0.25, 0.3) is 0 Å². The minimum atomic E-state index is 0.0405. The van der Waals surface area contributed by atoms with Crippen molar-refractivity contribution in [1.29, 1.82) is 0 Å². The second-order valence-electron chi connectivity index (χ2n) is 4.63. The Labute approximate surface area is 86.3 Å². The number of rotatable bonds is 1. The molecule has 2 nitrogen and oxygen atoms in total. The summed E-state index contributed by atoms with van der Waals surface area (Å²) in [5.41, 5.74) is 0.264. The molecular weight excluding hydrogens is 176 g/mol. The third-order valence-corrected chi connectivity index (χ3v) is 3.67. The van der Waals surface area contributed by atoms with E-state index in [0.717, 1.165) is 26.1 Å². The molecule has 1 spiro atoms. The van der Waals surface area contributed by atoms with E-state index in [4.69, 9.17) is 9.47 Å². The number of allylic oxidation sites excluding steroid dienone is 2. The minimum Gasteiger partial charge on any atom is -0.352 e. The van der Waals surface area contributed by atoms with Gasteiger partial charge < -0.3 is 9.47 Å². The fourth-order valence-corrected chi connectivity index (χ4v) is 2.32. The molecule has 2 rings (SSSR count). The van der Waals surface area contributed by atoms with E-state index in [9.17, 15) is 0 Å². The topological polar surface area (TPSA) is 18.5 Å². The predicted octanol–water partition coefficient (Wildman–Crippen LogP) is 2.74. The average molecular weight is 196 g/mol. The summed E-state index contributed by atoms with van der Waals surface area (Å²) in [7, 11) is 0. The van der Waals surface area contributed by atoms with Crippen LogP contribution in [0.2, 0.25) is 0 Å². The molecule has 0 N–H and O–H groups in total. The van der Waals surface area contributed by atoms with Gasteiger partial charge in [-0.05, 0) is 25.2 Å². The molecule has 1 fully saturated rings. The van der Waals surface area contributed by atoms with Crippen LogP contribution in [-0.2, 0) is 9.47 Å². The molecule has 1 unspecified atom stereocenters. The van der Waals surface area contributed by atoms with Crippen molar-refractivity contribution in [1.82, 2.24) is 0 Å². The maximum atomic E-state index is 5.73. The van der Waals surface area contributed by atoms with Gasteiger partial charge in [0, 0.05) is 5.41 Å². The Morgan fingerprint density at radius 1 is 1.29 bits per heavy atom. The van der Waals surface area contributed by atoms with Crippen LogP contribution in [0.3, 0.4) is 0 Å². The molecule has 0 aromatic heterocycles. The summed E-state index contributed by atoms with van der Waals surface area (Å²) in [6.07, 6.45) is 7.84. The summed E-state index contributed by atoms with van der Waals surface area (Å²) >= 11 is 0. The first-order valence-corrected chi connectivity index (χ1v) is 5.65. The van der Waals surface area contributed by atoms with Crippen LogP contribution in [0.5, 0.6) is 0 Å². The monoisotopic (exact) mass is 196 g/mol. The van der Waals surface area contributed by atoms with Crippen molar-refractivity contribution in [3.63, 3.8) is 0 Å². The maximum absolute atomic E-state index is 5.73. The minimum absolute atomic E-state index is 0.0405. The lowest BCUT2D eigenvalue weighted by atomic mass is 9.70. The van der Waals surface area contributed by atoms with E-state index in [2.05, 4.69) is 26.0 Å². The Hall–Kier alpha value is -0.340. The molecule has 80 valence electrons. The molecule has 1 saturated heterocycles. The number of hydrogen-bond donors (Lipinski definition) is 0. The molecule has 1 heterocycles. The molecule has 14 heavy (non-hydrogen) atoms. The zero-order valence-electron chi connectivity index (χ0n) is 9.16. The molecule has 0 amide bonds. The second kappa shape index (κ2) is 4.03. The van der Waals surface area contributed by atoms with Crippen molar-refractivity contribution in [2.24, 2.45) is 11.3 Å². The molecule has 0 radical (unpaired) electrons. The van der Waals surface area contributed by atoms with E-state index in [1.165, 1.54) is 6.42 Å². The van der Waals surface area contributed by atoms with E-state index in [-0.39, 0.29) is 11.7 Å². The third-order valence-electron chi connectivity index (χ3n) is 3.67. The first-order chi connectivity index (χ1) is 6.77. The lowest BCUT2D eigenvalue weighted by Crippen LogP contribution is -2.46. The van der Waals surface area contributed by atoms with Gasteiger partial charge in [-0.2, -0.15) is 0 Å². The Bertz CT molecular complexity index is 214. The molecule has 2 heteroatoms. The zero-order chi connectivity index (χ0) is 10.0. The van der Waals surface area contributed by atoms with Gasteiger partial charge in [0.15, 0.2) is 6.29 Å². The van der Waals surface area contributed by atoms with Gasteiger partial charge >= 0.3 is 0 Å². The van der Waals surface area contributed by atoms with Crippen LogP contribution in [0.4, 0.5) is 0 Å². The molecular formula is C12H20O2. The molecule has 1 aliphatic heterocycles. The Morgan fingerprint density at radius 2 is 2.00 bits per heavy atom. The van der Waals surface area contributed by atoms with Crippen molar-refractivity contribution in [2.45, 2.75) is 39.4 Å². The summed E-state index contributed by atoms with van der Waals surface area (Å²) in [6.45, 7) is 6.16. The van der Waals surface area contributed by atoms with Gasteiger partial charge in [0.25, 0.3) is 0 Å². The average Bonchev–Trinajstić information content (AvgIpc) is 2.24. The highest BCUT2D eigenvalue weighted by molar-refractivity contribution is 5.02. The van der Waals surface area contributed by atoms with Crippen LogP contribution < -0.4 is 0 Å². The summed E-state index contributed by atoms with van der Waals surface area (Å²) in [5, 5.41) is 0. The van der Waals surface area contributed by atoms with Gasteiger partial charge in [-0.25, -0.2) is 0 Å². The highest BCUT2D eigenvalue weighted by atomic mass is 16.7. The van der Waals surface area contributed by atoms with Crippen LogP contribution in [0.1, 0.15) is 33.1 Å². The Kier molecular flexibility index (Phi) is 2.93. The largest absolute Gasteiger partial charge is 0.352 e. The molecule has 1 atom stereocenters. The van der Waals surface area contributed by atoms with Gasteiger partial charge in [-0.1, -0.05) is 26.0 Å². The predicted molar refractivity (Wildman–Crippen MR) is 56.0 cm³/mol. The van der Waals surface area contributed by atoms with Gasteiger partial charge in [-0.3, -0.25) is 0 Å². The number of ether oxygens (including phenoxy) is 2. The summed E-state index contributed by atoms with van der Waals surface area (Å²) < 4.78 is 11.5. The number of hydrogen-bond acceptors (Lipinski definition) is 2. The van der Waals surface area contributed by atoms with Crippen molar-refractivity contribution in [3.05, 3.63) is 12.2 Å². The normalized spacial score (nSPS) is 43.0. The van der Waals surface area contributed by atoms with Crippen LogP contribution >= 0.6 is 0 Å². The molecule has 1 aliphatic carbocycles. The summed E-state index contributed by atoms with van der Waals surface area (Å²) in [6, 6.07) is 0. The fraction of sp³-hybridized carbons (Fsp3) is 0.833. The molecule has 0 aromatic rings.